The van der Waals surface area contributed by atoms with Gasteiger partial charge in [0.1, 0.15) is 11.2 Å². The number of halogens is 1. The van der Waals surface area contributed by atoms with Crippen LogP contribution in [0.4, 0.5) is 4.39 Å². The van der Waals surface area contributed by atoms with Gasteiger partial charge in [-0.2, -0.15) is 0 Å². The van der Waals surface area contributed by atoms with Crippen LogP contribution < -0.4 is 0 Å². The molecule has 1 fully saturated rings. The van der Waals surface area contributed by atoms with Crippen LogP contribution in [0.25, 0.3) is 0 Å². The van der Waals surface area contributed by atoms with Gasteiger partial charge in [-0.15, -0.1) is 0 Å². The zero-order valence-corrected chi connectivity index (χ0v) is 11.1. The molecule has 0 bridgehead atoms. The minimum Gasteiger partial charge on any atom is -0.468 e. The molecular formula is C15H17FO3. The highest BCUT2D eigenvalue weighted by molar-refractivity contribution is 6.06. The lowest BCUT2D eigenvalue weighted by atomic mass is 9.78. The summed E-state index contributed by atoms with van der Waals surface area (Å²) in [7, 11) is 1.30. The number of methoxy groups -OCH3 is 1. The molecule has 0 heterocycles. The summed E-state index contributed by atoms with van der Waals surface area (Å²) in [5.74, 6) is -1.00. The first-order valence-corrected chi connectivity index (χ1v) is 6.37. The van der Waals surface area contributed by atoms with E-state index in [1.54, 1.807) is 12.1 Å². The fraction of sp³-hybridized carbons (Fsp3) is 0.467. The molecule has 1 aromatic rings. The molecule has 2 rings (SSSR count). The summed E-state index contributed by atoms with van der Waals surface area (Å²) >= 11 is 0. The van der Waals surface area contributed by atoms with Crippen LogP contribution in [0.5, 0.6) is 0 Å². The Balaban J connectivity index is 2.32. The molecule has 0 saturated heterocycles. The Hall–Kier alpha value is -1.71. The quantitative estimate of drug-likeness (QED) is 0.622. The first kappa shape index (κ1) is 13.7. The number of benzene rings is 1. The van der Waals surface area contributed by atoms with E-state index >= 15 is 0 Å². The van der Waals surface area contributed by atoms with Crippen molar-refractivity contribution in [3.8, 4) is 0 Å². The molecule has 1 saturated carbocycles. The number of ketones is 1. The van der Waals surface area contributed by atoms with Gasteiger partial charge in [-0.25, -0.2) is 4.39 Å². The van der Waals surface area contributed by atoms with Gasteiger partial charge in [0, 0.05) is 5.92 Å². The van der Waals surface area contributed by atoms with Crippen LogP contribution in [-0.4, -0.2) is 18.9 Å². The van der Waals surface area contributed by atoms with Crippen LogP contribution in [0.1, 0.15) is 25.3 Å². The van der Waals surface area contributed by atoms with Gasteiger partial charge in [0.15, 0.2) is 5.78 Å². The summed E-state index contributed by atoms with van der Waals surface area (Å²) in [5.41, 5.74) is -0.319. The molecule has 3 nitrogen and oxygen atoms in total. The Kier molecular flexibility index (Phi) is 3.69. The van der Waals surface area contributed by atoms with Crippen molar-refractivity contribution in [1.29, 1.82) is 0 Å². The van der Waals surface area contributed by atoms with Crippen LogP contribution in [-0.2, 0) is 20.7 Å². The van der Waals surface area contributed by atoms with Crippen LogP contribution in [0.2, 0.25) is 0 Å². The van der Waals surface area contributed by atoms with Crippen molar-refractivity contribution in [3.05, 3.63) is 35.6 Å². The van der Waals surface area contributed by atoms with Crippen molar-refractivity contribution in [3.63, 3.8) is 0 Å². The highest BCUT2D eigenvalue weighted by Crippen LogP contribution is 2.42. The second-order valence-corrected chi connectivity index (χ2v) is 5.18. The predicted octanol–water partition coefficient (Wildman–Crippen LogP) is 2.53. The lowest BCUT2D eigenvalue weighted by Gasteiger charge is -2.24. The van der Waals surface area contributed by atoms with Crippen molar-refractivity contribution in [1.82, 2.24) is 0 Å². The number of carbonyl (C=O) groups is 2. The monoisotopic (exact) mass is 264 g/mol. The second kappa shape index (κ2) is 5.11. The molecule has 0 amide bonds. The van der Waals surface area contributed by atoms with E-state index < -0.39 is 11.4 Å². The Morgan fingerprint density at radius 1 is 1.42 bits per heavy atom. The van der Waals surface area contributed by atoms with E-state index in [4.69, 9.17) is 4.74 Å². The highest BCUT2D eigenvalue weighted by Gasteiger charge is 2.52. The Bertz CT molecular complexity index is 495. The van der Waals surface area contributed by atoms with Gasteiger partial charge >= 0.3 is 5.97 Å². The standard InChI is InChI=1S/C15H17FO3/c1-10-7-8-15(13(10)17,14(18)19-2)9-11-3-5-12(16)6-4-11/h3-6,10H,7-9H2,1-2H3. The topological polar surface area (TPSA) is 43.4 Å². The van der Waals surface area contributed by atoms with Gasteiger partial charge in [0.2, 0.25) is 0 Å². The molecule has 1 aromatic carbocycles. The zero-order chi connectivity index (χ0) is 14.0. The van der Waals surface area contributed by atoms with E-state index in [2.05, 4.69) is 0 Å². The summed E-state index contributed by atoms with van der Waals surface area (Å²) in [5, 5.41) is 0. The lowest BCUT2D eigenvalue weighted by Crippen LogP contribution is -2.39. The summed E-state index contributed by atoms with van der Waals surface area (Å²) < 4.78 is 17.7. The largest absolute Gasteiger partial charge is 0.468 e. The third-order valence-electron chi connectivity index (χ3n) is 3.92. The third kappa shape index (κ3) is 2.39. The Labute approximate surface area is 111 Å². The van der Waals surface area contributed by atoms with Crippen LogP contribution in [0.3, 0.4) is 0 Å². The van der Waals surface area contributed by atoms with Crippen molar-refractivity contribution in [2.24, 2.45) is 11.3 Å². The van der Waals surface area contributed by atoms with Gasteiger partial charge in [0.05, 0.1) is 7.11 Å². The van der Waals surface area contributed by atoms with Gasteiger partial charge in [0.25, 0.3) is 0 Å². The molecule has 19 heavy (non-hydrogen) atoms. The molecule has 102 valence electrons. The summed E-state index contributed by atoms with van der Waals surface area (Å²) in [4.78, 5) is 24.4. The van der Waals surface area contributed by atoms with E-state index in [-0.39, 0.29) is 23.9 Å². The number of hydrogen-bond acceptors (Lipinski definition) is 3. The van der Waals surface area contributed by atoms with E-state index in [1.807, 2.05) is 6.92 Å². The van der Waals surface area contributed by atoms with Crippen molar-refractivity contribution >= 4 is 11.8 Å². The van der Waals surface area contributed by atoms with Crippen LogP contribution in [0.15, 0.2) is 24.3 Å². The summed E-state index contributed by atoms with van der Waals surface area (Å²) in [6.07, 6.45) is 1.47. The van der Waals surface area contributed by atoms with Gasteiger partial charge in [-0.05, 0) is 37.0 Å². The van der Waals surface area contributed by atoms with Crippen molar-refractivity contribution in [2.45, 2.75) is 26.2 Å². The Morgan fingerprint density at radius 3 is 2.53 bits per heavy atom. The summed E-state index contributed by atoms with van der Waals surface area (Å²) in [6, 6.07) is 5.89. The molecule has 4 heteroatoms. The van der Waals surface area contributed by atoms with Gasteiger partial charge in [-0.3, -0.25) is 9.59 Å². The average molecular weight is 264 g/mol. The van der Waals surface area contributed by atoms with E-state index in [9.17, 15) is 14.0 Å². The molecule has 0 aromatic heterocycles. The zero-order valence-electron chi connectivity index (χ0n) is 11.1. The SMILES string of the molecule is COC(=O)C1(Cc2ccc(F)cc2)CCC(C)C1=O. The lowest BCUT2D eigenvalue weighted by molar-refractivity contribution is -0.157. The number of carbonyl (C=O) groups excluding carboxylic acids is 2. The molecule has 0 aliphatic heterocycles. The number of ether oxygens (including phenoxy) is 1. The van der Waals surface area contributed by atoms with E-state index in [0.29, 0.717) is 12.8 Å². The molecule has 0 radical (unpaired) electrons. The van der Waals surface area contributed by atoms with Crippen LogP contribution >= 0.6 is 0 Å². The average Bonchev–Trinajstić information content (AvgIpc) is 2.70. The maximum absolute atomic E-state index is 12.9. The predicted molar refractivity (Wildman–Crippen MR) is 68.0 cm³/mol. The number of esters is 1. The minimum absolute atomic E-state index is 0.0660. The highest BCUT2D eigenvalue weighted by atomic mass is 19.1. The van der Waals surface area contributed by atoms with E-state index in [1.165, 1.54) is 19.2 Å². The van der Waals surface area contributed by atoms with Crippen molar-refractivity contribution < 1.29 is 18.7 Å². The molecule has 0 spiro atoms. The Morgan fingerprint density at radius 2 is 2.05 bits per heavy atom. The molecule has 0 N–H and O–H groups in total. The first-order valence-electron chi connectivity index (χ1n) is 6.37. The normalized spacial score (nSPS) is 26.5. The number of Topliss-reactive ketones (excluding diaryl/α,β-unsaturated/α-hetero) is 1. The number of hydrogen-bond donors (Lipinski definition) is 0. The first-order chi connectivity index (χ1) is 8.99. The number of rotatable bonds is 3. The molecular weight excluding hydrogens is 247 g/mol. The fourth-order valence-electron chi connectivity index (χ4n) is 2.79. The second-order valence-electron chi connectivity index (χ2n) is 5.18. The van der Waals surface area contributed by atoms with E-state index in [0.717, 1.165) is 5.56 Å². The van der Waals surface area contributed by atoms with Crippen LogP contribution in [0, 0.1) is 17.2 Å². The van der Waals surface area contributed by atoms with Gasteiger partial charge < -0.3 is 4.74 Å². The molecule has 2 unspecified atom stereocenters. The molecule has 1 aliphatic rings. The van der Waals surface area contributed by atoms with Crippen molar-refractivity contribution in [2.75, 3.05) is 7.11 Å². The molecule has 1 aliphatic carbocycles. The maximum Gasteiger partial charge on any atom is 0.319 e. The maximum atomic E-state index is 12.9. The molecule has 2 atom stereocenters. The third-order valence-corrected chi connectivity index (χ3v) is 3.92. The van der Waals surface area contributed by atoms with Gasteiger partial charge in [-0.1, -0.05) is 19.1 Å². The smallest absolute Gasteiger partial charge is 0.319 e. The minimum atomic E-state index is -1.09. The summed E-state index contributed by atoms with van der Waals surface area (Å²) in [6.45, 7) is 1.83. The fourth-order valence-corrected chi connectivity index (χ4v) is 2.79.